The van der Waals surface area contributed by atoms with E-state index in [-0.39, 0.29) is 12.3 Å². The zero-order valence-corrected chi connectivity index (χ0v) is 11.5. The Labute approximate surface area is 117 Å². The normalized spacial score (nSPS) is 13.3. The van der Waals surface area contributed by atoms with E-state index in [2.05, 4.69) is 10.6 Å². The smallest absolute Gasteiger partial charge is 0.319 e. The lowest BCUT2D eigenvalue weighted by molar-refractivity contribution is -0.384. The summed E-state index contributed by atoms with van der Waals surface area (Å²) in [5, 5.41) is 24.9. The molecule has 0 aromatic heterocycles. The number of nitro groups is 1. The van der Waals surface area contributed by atoms with Crippen LogP contribution in [0.3, 0.4) is 0 Å². The summed E-state index contributed by atoms with van der Waals surface area (Å²) >= 11 is 0. The lowest BCUT2D eigenvalue weighted by Crippen LogP contribution is -2.48. The van der Waals surface area contributed by atoms with Gasteiger partial charge in [0.2, 0.25) is 0 Å². The monoisotopic (exact) mass is 281 g/mol. The molecule has 2 amide bonds. The molecule has 1 atom stereocenters. The van der Waals surface area contributed by atoms with Crippen molar-refractivity contribution in [2.45, 2.75) is 32.2 Å². The van der Waals surface area contributed by atoms with Gasteiger partial charge in [0.1, 0.15) is 0 Å². The zero-order valence-electron chi connectivity index (χ0n) is 11.5. The van der Waals surface area contributed by atoms with Gasteiger partial charge < -0.3 is 15.7 Å². The standard InChI is InChI=1S/C13H19N3O4/c1-3-13(2,7-8-17)15-12(18)14-10-5-4-6-11(9-10)16(19)20/h4-6,9,17H,3,7-8H2,1-2H3,(H2,14,15,18). The molecule has 0 heterocycles. The first kappa shape index (κ1) is 15.9. The first-order valence-corrected chi connectivity index (χ1v) is 6.34. The van der Waals surface area contributed by atoms with Crippen molar-refractivity contribution in [2.24, 2.45) is 0 Å². The average molecular weight is 281 g/mol. The summed E-state index contributed by atoms with van der Waals surface area (Å²) in [7, 11) is 0. The number of non-ortho nitro benzene ring substituents is 1. The van der Waals surface area contributed by atoms with E-state index in [0.29, 0.717) is 18.5 Å². The fraction of sp³-hybridized carbons (Fsp3) is 0.462. The molecule has 20 heavy (non-hydrogen) atoms. The number of benzene rings is 1. The Hall–Kier alpha value is -2.15. The van der Waals surface area contributed by atoms with E-state index in [0.717, 1.165) is 0 Å². The molecular formula is C13H19N3O4. The molecule has 7 nitrogen and oxygen atoms in total. The Kier molecular flexibility index (Phi) is 5.45. The topological polar surface area (TPSA) is 104 Å². The number of rotatable bonds is 6. The molecule has 0 aliphatic carbocycles. The SMILES string of the molecule is CCC(C)(CCO)NC(=O)Nc1cccc([N+](=O)[O-])c1. The summed E-state index contributed by atoms with van der Waals surface area (Å²) in [6, 6.07) is 5.26. The van der Waals surface area contributed by atoms with E-state index < -0.39 is 16.5 Å². The number of nitro benzene ring substituents is 1. The summed E-state index contributed by atoms with van der Waals surface area (Å²) in [6.45, 7) is 3.71. The molecule has 0 saturated carbocycles. The summed E-state index contributed by atoms with van der Waals surface area (Å²) in [5.74, 6) is 0. The van der Waals surface area contributed by atoms with Gasteiger partial charge in [0, 0.05) is 30.0 Å². The molecule has 0 bridgehead atoms. The Balaban J connectivity index is 2.71. The molecule has 0 radical (unpaired) electrons. The summed E-state index contributed by atoms with van der Waals surface area (Å²) in [6.07, 6.45) is 1.10. The van der Waals surface area contributed by atoms with Crippen molar-refractivity contribution < 1.29 is 14.8 Å². The van der Waals surface area contributed by atoms with Crippen LogP contribution in [-0.2, 0) is 0 Å². The lowest BCUT2D eigenvalue weighted by atomic mass is 9.95. The number of carbonyl (C=O) groups is 1. The minimum Gasteiger partial charge on any atom is -0.396 e. The number of urea groups is 1. The van der Waals surface area contributed by atoms with Crippen molar-refractivity contribution >= 4 is 17.4 Å². The molecule has 1 aromatic carbocycles. The quantitative estimate of drug-likeness (QED) is 0.549. The molecule has 0 aliphatic rings. The molecule has 0 fully saturated rings. The number of hydrogen-bond donors (Lipinski definition) is 3. The molecular weight excluding hydrogens is 262 g/mol. The van der Waals surface area contributed by atoms with Crippen molar-refractivity contribution in [1.82, 2.24) is 5.32 Å². The van der Waals surface area contributed by atoms with Crippen LogP contribution >= 0.6 is 0 Å². The first-order valence-electron chi connectivity index (χ1n) is 6.34. The maximum Gasteiger partial charge on any atom is 0.319 e. The molecule has 0 saturated heterocycles. The van der Waals surface area contributed by atoms with E-state index >= 15 is 0 Å². The van der Waals surface area contributed by atoms with Gasteiger partial charge in [-0.05, 0) is 25.8 Å². The van der Waals surface area contributed by atoms with E-state index in [1.54, 1.807) is 6.07 Å². The molecule has 7 heteroatoms. The summed E-state index contributed by atoms with van der Waals surface area (Å²) < 4.78 is 0. The van der Waals surface area contributed by atoms with Crippen LogP contribution in [0.4, 0.5) is 16.2 Å². The minimum atomic E-state index is -0.523. The Morgan fingerprint density at radius 2 is 2.20 bits per heavy atom. The third kappa shape index (κ3) is 4.51. The number of aliphatic hydroxyl groups excluding tert-OH is 1. The molecule has 1 rings (SSSR count). The van der Waals surface area contributed by atoms with Crippen LogP contribution in [0.1, 0.15) is 26.7 Å². The average Bonchev–Trinajstić information content (AvgIpc) is 2.39. The van der Waals surface area contributed by atoms with Crippen LogP contribution in [0, 0.1) is 10.1 Å². The highest BCUT2D eigenvalue weighted by Gasteiger charge is 2.23. The minimum absolute atomic E-state index is 0.0264. The van der Waals surface area contributed by atoms with Crippen molar-refractivity contribution in [3.63, 3.8) is 0 Å². The van der Waals surface area contributed by atoms with Crippen molar-refractivity contribution in [2.75, 3.05) is 11.9 Å². The molecule has 1 aromatic rings. The number of anilines is 1. The van der Waals surface area contributed by atoms with Crippen LogP contribution in [0.5, 0.6) is 0 Å². The van der Waals surface area contributed by atoms with E-state index in [1.165, 1.54) is 18.2 Å². The highest BCUT2D eigenvalue weighted by Crippen LogP contribution is 2.18. The largest absolute Gasteiger partial charge is 0.396 e. The lowest BCUT2D eigenvalue weighted by Gasteiger charge is -2.28. The number of aliphatic hydroxyl groups is 1. The van der Waals surface area contributed by atoms with Crippen LogP contribution in [0.25, 0.3) is 0 Å². The second-order valence-corrected chi connectivity index (χ2v) is 4.77. The Bertz CT molecular complexity index is 492. The number of nitrogens with zero attached hydrogens (tertiary/aromatic N) is 1. The number of hydrogen-bond acceptors (Lipinski definition) is 4. The fourth-order valence-corrected chi connectivity index (χ4v) is 1.71. The van der Waals surface area contributed by atoms with E-state index in [1.807, 2.05) is 13.8 Å². The second-order valence-electron chi connectivity index (χ2n) is 4.77. The van der Waals surface area contributed by atoms with Crippen LogP contribution in [0.2, 0.25) is 0 Å². The van der Waals surface area contributed by atoms with Crippen LogP contribution in [0.15, 0.2) is 24.3 Å². The van der Waals surface area contributed by atoms with Gasteiger partial charge in [-0.1, -0.05) is 13.0 Å². The third-order valence-corrected chi connectivity index (χ3v) is 3.17. The van der Waals surface area contributed by atoms with Crippen molar-refractivity contribution in [1.29, 1.82) is 0 Å². The van der Waals surface area contributed by atoms with Gasteiger partial charge in [0.25, 0.3) is 5.69 Å². The second kappa shape index (κ2) is 6.85. The van der Waals surface area contributed by atoms with Gasteiger partial charge in [-0.25, -0.2) is 4.79 Å². The summed E-state index contributed by atoms with van der Waals surface area (Å²) in [4.78, 5) is 22.0. The predicted octanol–water partition coefficient (Wildman–Crippen LogP) is 2.27. The molecule has 3 N–H and O–H groups in total. The first-order chi connectivity index (χ1) is 9.40. The van der Waals surface area contributed by atoms with Crippen molar-refractivity contribution in [3.8, 4) is 0 Å². The maximum absolute atomic E-state index is 11.9. The number of nitrogens with one attached hydrogen (secondary N) is 2. The van der Waals surface area contributed by atoms with E-state index in [9.17, 15) is 14.9 Å². The predicted molar refractivity (Wildman–Crippen MR) is 75.6 cm³/mol. The summed E-state index contributed by atoms with van der Waals surface area (Å²) in [5.41, 5.74) is -0.255. The Morgan fingerprint density at radius 1 is 1.50 bits per heavy atom. The molecule has 110 valence electrons. The van der Waals surface area contributed by atoms with Gasteiger partial charge in [0.15, 0.2) is 0 Å². The Morgan fingerprint density at radius 3 is 2.75 bits per heavy atom. The molecule has 1 unspecified atom stereocenters. The highest BCUT2D eigenvalue weighted by atomic mass is 16.6. The molecule has 0 aliphatic heterocycles. The van der Waals surface area contributed by atoms with Gasteiger partial charge in [-0.15, -0.1) is 0 Å². The van der Waals surface area contributed by atoms with Gasteiger partial charge in [-0.3, -0.25) is 10.1 Å². The molecule has 0 spiro atoms. The fourth-order valence-electron chi connectivity index (χ4n) is 1.71. The highest BCUT2D eigenvalue weighted by molar-refractivity contribution is 5.90. The van der Waals surface area contributed by atoms with Crippen LogP contribution < -0.4 is 10.6 Å². The van der Waals surface area contributed by atoms with E-state index in [4.69, 9.17) is 5.11 Å². The number of carbonyl (C=O) groups excluding carboxylic acids is 1. The van der Waals surface area contributed by atoms with Gasteiger partial charge in [0.05, 0.1) is 4.92 Å². The van der Waals surface area contributed by atoms with Gasteiger partial charge >= 0.3 is 6.03 Å². The van der Waals surface area contributed by atoms with Gasteiger partial charge in [-0.2, -0.15) is 0 Å². The van der Waals surface area contributed by atoms with Crippen molar-refractivity contribution in [3.05, 3.63) is 34.4 Å². The van der Waals surface area contributed by atoms with Crippen LogP contribution in [-0.4, -0.2) is 28.2 Å². The number of amides is 2. The zero-order chi connectivity index (χ0) is 15.2. The maximum atomic E-state index is 11.9. The third-order valence-electron chi connectivity index (χ3n) is 3.17.